The van der Waals surface area contributed by atoms with Gasteiger partial charge in [-0.2, -0.15) is 0 Å². The predicted octanol–water partition coefficient (Wildman–Crippen LogP) is 7.18. The summed E-state index contributed by atoms with van der Waals surface area (Å²) in [5.41, 5.74) is 9.46. The molecule has 5 heterocycles. The molecule has 3 aromatic carbocycles. The number of nitrogens with zero attached hydrogens (tertiary/aromatic N) is 7. The largest absolute Gasteiger partial charge is 0.444 e. The van der Waals surface area contributed by atoms with E-state index in [1.165, 1.54) is 10.8 Å². The van der Waals surface area contributed by atoms with E-state index in [4.69, 9.17) is 25.2 Å². The number of aryl methyl sites for hydroxylation is 2. The molecule has 3 atom stereocenters. The zero-order valence-corrected chi connectivity index (χ0v) is 39.2. The van der Waals surface area contributed by atoms with Crippen molar-refractivity contribution in [3.05, 3.63) is 118 Å². The Balaban J connectivity index is 1.10. The van der Waals surface area contributed by atoms with Crippen molar-refractivity contribution in [2.75, 3.05) is 37.6 Å². The molecule has 3 fully saturated rings. The first-order valence-electron chi connectivity index (χ1n) is 22.8. The number of piperazine rings is 1. The van der Waals surface area contributed by atoms with E-state index in [0.29, 0.717) is 40.7 Å². The minimum atomic E-state index is -4.09. The molecule has 2 aliphatic heterocycles. The number of carbonyl (C=O) groups is 1. The molecule has 0 spiro atoms. The standard InChI is InChI=1S/C50H60N8O6S/c1-32-13-18-39(19-14-32)65(61,62)58-26-23-40-42(30-54(7)46(59)44(40)58)35-15-20-43-41(27-35)45(50(31-51,63-38-16-17-38)36-11-9-8-10-12-36)53-47(52-43)55-24-21-37(22-25-55)56-28-34(3)57(29-33(56)2)48(60)64-49(4,5)6/h8-15,18-20,23,26-27,30,33-34,37-38H,16-17,21-22,24-25,28-29,31,51H2,1-7H3/t33-,34+,50?/m0/s1. The first-order valence-corrected chi connectivity index (χ1v) is 24.2. The lowest BCUT2D eigenvalue weighted by molar-refractivity contribution is -0.0259. The molecule has 2 N–H and O–H groups in total. The van der Waals surface area contributed by atoms with Crippen LogP contribution in [-0.2, 0) is 32.1 Å². The van der Waals surface area contributed by atoms with E-state index in [2.05, 4.69) is 23.6 Å². The molecule has 14 nitrogen and oxygen atoms in total. The zero-order valence-electron chi connectivity index (χ0n) is 38.4. The molecule has 3 aromatic heterocycles. The summed E-state index contributed by atoms with van der Waals surface area (Å²) in [7, 11) is -2.46. The number of rotatable bonds is 10. The van der Waals surface area contributed by atoms with Gasteiger partial charge in [0.2, 0.25) is 5.95 Å². The summed E-state index contributed by atoms with van der Waals surface area (Å²) in [6.07, 6.45) is 6.62. The number of carbonyl (C=O) groups excluding carboxylic acids is 1. The summed E-state index contributed by atoms with van der Waals surface area (Å²) in [4.78, 5) is 44.4. The molecule has 9 rings (SSSR count). The summed E-state index contributed by atoms with van der Waals surface area (Å²) in [6.45, 7) is 14.9. The van der Waals surface area contributed by atoms with E-state index in [1.807, 2.05) is 81.1 Å². The Bertz CT molecular complexity index is 2920. The van der Waals surface area contributed by atoms with Gasteiger partial charge in [0.1, 0.15) is 16.7 Å². The van der Waals surface area contributed by atoms with Crippen LogP contribution in [0.3, 0.4) is 0 Å². The van der Waals surface area contributed by atoms with E-state index in [0.717, 1.165) is 71.4 Å². The molecule has 3 aliphatic rings. The summed E-state index contributed by atoms with van der Waals surface area (Å²) in [6, 6.07) is 24.8. The van der Waals surface area contributed by atoms with Gasteiger partial charge < -0.3 is 29.6 Å². The molecule has 0 bridgehead atoms. The second-order valence-electron chi connectivity index (χ2n) is 19.2. The van der Waals surface area contributed by atoms with Crippen molar-refractivity contribution in [3.63, 3.8) is 0 Å². The Morgan fingerprint density at radius 3 is 2.25 bits per heavy atom. The highest BCUT2D eigenvalue weighted by Crippen LogP contribution is 2.43. The molecule has 2 saturated heterocycles. The summed E-state index contributed by atoms with van der Waals surface area (Å²) in [5, 5.41) is 1.25. The number of amides is 1. The number of hydrogen-bond donors (Lipinski definition) is 1. The molecule has 1 unspecified atom stereocenters. The molecule has 6 aromatic rings. The fourth-order valence-electron chi connectivity index (χ4n) is 9.65. The monoisotopic (exact) mass is 900 g/mol. The molecule has 342 valence electrons. The Hall–Kier alpha value is -5.61. The van der Waals surface area contributed by atoms with E-state index in [1.54, 1.807) is 43.6 Å². The van der Waals surface area contributed by atoms with Crippen LogP contribution in [0, 0.1) is 6.92 Å². The molecular weight excluding hydrogens is 841 g/mol. The van der Waals surface area contributed by atoms with Crippen molar-refractivity contribution in [2.45, 2.75) is 108 Å². The van der Waals surface area contributed by atoms with Gasteiger partial charge in [0, 0.05) is 86.6 Å². The van der Waals surface area contributed by atoms with Gasteiger partial charge in [0.15, 0.2) is 0 Å². The Morgan fingerprint density at radius 1 is 0.877 bits per heavy atom. The third-order valence-corrected chi connectivity index (χ3v) is 14.9. The first-order chi connectivity index (χ1) is 31.0. The normalized spacial score (nSPS) is 20.1. The molecule has 0 radical (unpaired) electrons. The van der Waals surface area contributed by atoms with Crippen molar-refractivity contribution >= 4 is 43.9 Å². The van der Waals surface area contributed by atoms with Gasteiger partial charge in [0.25, 0.3) is 15.6 Å². The van der Waals surface area contributed by atoms with Gasteiger partial charge in [-0.15, -0.1) is 0 Å². The maximum Gasteiger partial charge on any atom is 0.410 e. The van der Waals surface area contributed by atoms with Crippen molar-refractivity contribution in [3.8, 4) is 11.1 Å². The summed E-state index contributed by atoms with van der Waals surface area (Å²) in [5.74, 6) is 0.603. The molecular formula is C50H60N8O6S. The first kappa shape index (κ1) is 44.6. The van der Waals surface area contributed by atoms with Gasteiger partial charge in [0.05, 0.1) is 22.2 Å². The predicted molar refractivity (Wildman–Crippen MR) is 254 cm³/mol. The van der Waals surface area contributed by atoms with Crippen molar-refractivity contribution < 1.29 is 22.7 Å². The fraction of sp³-hybridized carbons (Fsp3) is 0.440. The lowest BCUT2D eigenvalue weighted by Gasteiger charge is -2.49. The number of ether oxygens (including phenoxy) is 2. The van der Waals surface area contributed by atoms with Crippen molar-refractivity contribution in [1.29, 1.82) is 0 Å². The molecule has 1 aliphatic carbocycles. The van der Waals surface area contributed by atoms with E-state index in [-0.39, 0.29) is 41.2 Å². The highest BCUT2D eigenvalue weighted by Gasteiger charge is 2.44. The minimum absolute atomic E-state index is 0.0184. The van der Waals surface area contributed by atoms with Crippen LogP contribution in [0.1, 0.15) is 77.1 Å². The van der Waals surface area contributed by atoms with Crippen LogP contribution in [-0.4, -0.2) is 105 Å². The van der Waals surface area contributed by atoms with Gasteiger partial charge in [-0.1, -0.05) is 54.1 Å². The van der Waals surface area contributed by atoms with E-state index >= 15 is 0 Å². The summed E-state index contributed by atoms with van der Waals surface area (Å²) >= 11 is 0. The van der Waals surface area contributed by atoms with Crippen LogP contribution in [0.25, 0.3) is 32.9 Å². The molecule has 1 saturated carbocycles. The van der Waals surface area contributed by atoms with Gasteiger partial charge >= 0.3 is 6.09 Å². The smallest absolute Gasteiger partial charge is 0.410 e. The Morgan fingerprint density at radius 2 is 1.58 bits per heavy atom. The number of fused-ring (bicyclic) bond motifs is 2. The van der Waals surface area contributed by atoms with Gasteiger partial charge in [-0.3, -0.25) is 9.69 Å². The third-order valence-electron chi connectivity index (χ3n) is 13.2. The topological polar surface area (TPSA) is 158 Å². The van der Waals surface area contributed by atoms with Crippen LogP contribution in [0.2, 0.25) is 0 Å². The Labute approximate surface area is 381 Å². The molecule has 65 heavy (non-hydrogen) atoms. The number of benzene rings is 3. The summed E-state index contributed by atoms with van der Waals surface area (Å²) < 4.78 is 43.4. The minimum Gasteiger partial charge on any atom is -0.444 e. The number of hydrogen-bond acceptors (Lipinski definition) is 11. The van der Waals surface area contributed by atoms with Crippen molar-refractivity contribution in [2.24, 2.45) is 12.8 Å². The SMILES string of the molecule is Cc1ccc(S(=O)(=O)n2ccc3c(-c4ccc5nc(N6CCC(N7C[C@@H](C)N(C(=O)OC(C)(C)C)C[C@@H]7C)CC6)nc(C(CN)(OC6CC6)c6ccccc6)c5c4)cn(C)c(=O)c32)cc1. The van der Waals surface area contributed by atoms with Gasteiger partial charge in [-0.05, 0) is 109 Å². The molecule has 1 amide bonds. The lowest BCUT2D eigenvalue weighted by atomic mass is 9.86. The average Bonchev–Trinajstić information content (AvgIpc) is 3.99. The average molecular weight is 901 g/mol. The van der Waals surface area contributed by atoms with Crippen LogP contribution in [0.4, 0.5) is 10.7 Å². The maximum atomic E-state index is 14.0. The van der Waals surface area contributed by atoms with E-state index < -0.39 is 26.8 Å². The number of pyridine rings is 1. The van der Waals surface area contributed by atoms with Crippen molar-refractivity contribution in [1.82, 2.24) is 28.3 Å². The Kier molecular flexibility index (Phi) is 11.7. The van der Waals surface area contributed by atoms with Crippen LogP contribution >= 0.6 is 0 Å². The second-order valence-corrected chi connectivity index (χ2v) is 21.0. The zero-order chi connectivity index (χ0) is 46.0. The lowest BCUT2D eigenvalue weighted by Crippen LogP contribution is -2.62. The highest BCUT2D eigenvalue weighted by atomic mass is 32.2. The number of anilines is 1. The molecule has 15 heteroatoms. The maximum absolute atomic E-state index is 14.0. The van der Waals surface area contributed by atoms with Crippen LogP contribution in [0.5, 0.6) is 0 Å². The number of aromatic nitrogens is 4. The fourth-order valence-corrected chi connectivity index (χ4v) is 11.0. The highest BCUT2D eigenvalue weighted by molar-refractivity contribution is 7.90. The van der Waals surface area contributed by atoms with Crippen LogP contribution in [0.15, 0.2) is 101 Å². The number of nitrogens with two attached hydrogens (primary N) is 1. The van der Waals surface area contributed by atoms with E-state index in [9.17, 15) is 18.0 Å². The quantitative estimate of drug-likeness (QED) is 0.149. The van der Waals surface area contributed by atoms with Crippen LogP contribution < -0.4 is 16.2 Å². The number of piperidine rings is 1. The van der Waals surface area contributed by atoms with Gasteiger partial charge in [-0.25, -0.2) is 27.2 Å². The third kappa shape index (κ3) is 8.43. The second kappa shape index (κ2) is 17.0.